The highest BCUT2D eigenvalue weighted by atomic mass is 32.1. The van der Waals surface area contributed by atoms with Gasteiger partial charge in [0.05, 0.1) is 5.69 Å². The van der Waals surface area contributed by atoms with Crippen LogP contribution in [-0.4, -0.2) is 29.1 Å². The van der Waals surface area contributed by atoms with E-state index < -0.39 is 11.7 Å². The third kappa shape index (κ3) is 7.96. The Labute approximate surface area is 169 Å². The molecule has 152 valence electrons. The Hall–Kier alpha value is -2.61. The van der Waals surface area contributed by atoms with Crippen LogP contribution in [0.4, 0.5) is 15.6 Å². The van der Waals surface area contributed by atoms with E-state index in [9.17, 15) is 9.59 Å². The summed E-state index contributed by atoms with van der Waals surface area (Å²) in [6.07, 6.45) is 2.39. The number of rotatable bonds is 8. The number of hydrogen-bond acceptors (Lipinski definition) is 6. The molecule has 0 aliphatic rings. The molecule has 0 fully saturated rings. The number of nitrogens with one attached hydrogen (secondary N) is 2. The van der Waals surface area contributed by atoms with Crippen molar-refractivity contribution in [2.45, 2.75) is 52.1 Å². The van der Waals surface area contributed by atoms with Gasteiger partial charge in [-0.05, 0) is 45.7 Å². The molecule has 2 rings (SSSR count). The second-order valence-corrected chi connectivity index (χ2v) is 8.31. The maximum absolute atomic E-state index is 12.1. The minimum Gasteiger partial charge on any atom is -0.444 e. The number of aromatic nitrogens is 1. The first-order valence-corrected chi connectivity index (χ1v) is 10.2. The number of nitrogens with two attached hydrogens (primary N) is 1. The van der Waals surface area contributed by atoms with E-state index in [-0.39, 0.29) is 5.91 Å². The number of hydrogen-bond donors (Lipinski definition) is 3. The maximum atomic E-state index is 12.1. The quantitative estimate of drug-likeness (QED) is 0.446. The van der Waals surface area contributed by atoms with E-state index in [0.29, 0.717) is 23.8 Å². The first kappa shape index (κ1) is 21.7. The summed E-state index contributed by atoms with van der Waals surface area (Å²) >= 11 is 1.39. The summed E-state index contributed by atoms with van der Waals surface area (Å²) < 4.78 is 5.16. The number of amides is 2. The molecule has 0 saturated heterocycles. The van der Waals surface area contributed by atoms with Gasteiger partial charge in [-0.3, -0.25) is 4.79 Å². The molecule has 0 unspecified atom stereocenters. The summed E-state index contributed by atoms with van der Waals surface area (Å²) in [6, 6.07) is 7.48. The van der Waals surface area contributed by atoms with Gasteiger partial charge in [-0.15, -0.1) is 11.3 Å². The molecule has 0 spiro atoms. The summed E-state index contributed by atoms with van der Waals surface area (Å²) in [4.78, 5) is 28.0. The number of nitrogen functional groups attached to an aromatic ring is 1. The smallest absolute Gasteiger partial charge is 0.407 e. The Morgan fingerprint density at radius 1 is 1.21 bits per heavy atom. The highest BCUT2D eigenvalue weighted by Crippen LogP contribution is 2.26. The van der Waals surface area contributed by atoms with Gasteiger partial charge >= 0.3 is 6.09 Å². The number of carbonyl (C=O) groups excluding carboxylic acids is 2. The summed E-state index contributed by atoms with van der Waals surface area (Å²) in [6.45, 7) is 6.01. The fraction of sp³-hybridized carbons (Fsp3) is 0.450. The van der Waals surface area contributed by atoms with E-state index >= 15 is 0 Å². The number of anilines is 2. The average molecular weight is 405 g/mol. The van der Waals surface area contributed by atoms with Gasteiger partial charge in [0.15, 0.2) is 5.13 Å². The number of unbranched alkanes of at least 4 members (excludes halogenated alkanes) is 2. The van der Waals surface area contributed by atoms with Crippen LogP contribution in [0.15, 0.2) is 29.6 Å². The summed E-state index contributed by atoms with van der Waals surface area (Å²) in [7, 11) is 0. The molecule has 1 heterocycles. The molecule has 0 radical (unpaired) electrons. The van der Waals surface area contributed by atoms with Gasteiger partial charge in [-0.1, -0.05) is 18.6 Å². The second kappa shape index (κ2) is 10.1. The molecule has 0 bridgehead atoms. The van der Waals surface area contributed by atoms with Gasteiger partial charge < -0.3 is 21.1 Å². The van der Waals surface area contributed by atoms with Gasteiger partial charge in [0.2, 0.25) is 5.91 Å². The number of benzene rings is 1. The molecule has 0 atom stereocenters. The third-order valence-electron chi connectivity index (χ3n) is 3.68. The van der Waals surface area contributed by atoms with Gasteiger partial charge in [-0.25, -0.2) is 9.78 Å². The lowest BCUT2D eigenvalue weighted by Crippen LogP contribution is -2.33. The molecule has 2 amide bonds. The molecule has 8 heteroatoms. The van der Waals surface area contributed by atoms with Gasteiger partial charge in [0.1, 0.15) is 5.60 Å². The number of nitrogens with zero attached hydrogens (tertiary/aromatic N) is 1. The lowest BCUT2D eigenvalue weighted by Gasteiger charge is -2.19. The molecule has 0 saturated carbocycles. The van der Waals surface area contributed by atoms with E-state index in [1.165, 1.54) is 11.3 Å². The number of carbonyl (C=O) groups is 2. The van der Waals surface area contributed by atoms with E-state index in [2.05, 4.69) is 15.6 Å². The van der Waals surface area contributed by atoms with Crippen LogP contribution < -0.4 is 16.4 Å². The topological polar surface area (TPSA) is 106 Å². The van der Waals surface area contributed by atoms with Crippen LogP contribution in [0.2, 0.25) is 0 Å². The molecule has 28 heavy (non-hydrogen) atoms. The van der Waals surface area contributed by atoms with Crippen molar-refractivity contribution in [1.29, 1.82) is 0 Å². The normalized spacial score (nSPS) is 11.1. The molecule has 1 aromatic heterocycles. The largest absolute Gasteiger partial charge is 0.444 e. The first-order chi connectivity index (χ1) is 13.2. The lowest BCUT2D eigenvalue weighted by atomic mass is 10.1. The van der Waals surface area contributed by atoms with Crippen LogP contribution in [0, 0.1) is 0 Å². The minimum atomic E-state index is -0.495. The zero-order valence-corrected chi connectivity index (χ0v) is 17.4. The van der Waals surface area contributed by atoms with E-state index in [0.717, 1.165) is 30.5 Å². The first-order valence-electron chi connectivity index (χ1n) is 9.31. The van der Waals surface area contributed by atoms with Crippen molar-refractivity contribution >= 4 is 34.2 Å². The van der Waals surface area contributed by atoms with E-state index in [1.54, 1.807) is 0 Å². The van der Waals surface area contributed by atoms with Crippen LogP contribution in [0.1, 0.15) is 46.5 Å². The van der Waals surface area contributed by atoms with Gasteiger partial charge in [0, 0.05) is 29.6 Å². The average Bonchev–Trinajstić information content (AvgIpc) is 3.05. The molecule has 4 N–H and O–H groups in total. The molecule has 2 aromatic rings. The number of thiazole rings is 1. The Kier molecular flexibility index (Phi) is 7.80. The van der Waals surface area contributed by atoms with Crippen LogP contribution in [0.5, 0.6) is 0 Å². The van der Waals surface area contributed by atoms with Gasteiger partial charge in [-0.2, -0.15) is 0 Å². The summed E-state index contributed by atoms with van der Waals surface area (Å²) in [5.74, 6) is -0.0615. The fourth-order valence-electron chi connectivity index (χ4n) is 2.44. The van der Waals surface area contributed by atoms with Crippen LogP contribution in [0.3, 0.4) is 0 Å². The minimum absolute atomic E-state index is 0.0615. The van der Waals surface area contributed by atoms with Crippen molar-refractivity contribution in [2.75, 3.05) is 17.6 Å². The second-order valence-electron chi connectivity index (χ2n) is 7.45. The molecule has 7 nitrogen and oxygen atoms in total. The Bertz CT molecular complexity index is 799. The summed E-state index contributed by atoms with van der Waals surface area (Å²) in [5, 5.41) is 8.01. The molecule has 0 aliphatic carbocycles. The standard InChI is InChI=1S/C20H28N4O3S/c1-20(2,3)27-19(26)22-11-6-4-5-10-17(25)24-18-23-16(13-28-18)14-8-7-9-15(21)12-14/h7-9,12-13H,4-6,10-11,21H2,1-3H3,(H,22,26)(H,23,24,25). The SMILES string of the molecule is CC(C)(C)OC(=O)NCCCCCC(=O)Nc1nc(-c2cccc(N)c2)cs1. The summed E-state index contributed by atoms with van der Waals surface area (Å²) in [5.41, 5.74) is 7.69. The molecular formula is C20H28N4O3S. The molecule has 1 aromatic carbocycles. The predicted octanol–water partition coefficient (Wildman–Crippen LogP) is 4.42. The van der Waals surface area contributed by atoms with Crippen molar-refractivity contribution in [3.05, 3.63) is 29.6 Å². The van der Waals surface area contributed by atoms with Crippen molar-refractivity contribution in [3.8, 4) is 11.3 Å². The third-order valence-corrected chi connectivity index (χ3v) is 4.44. The molecular weight excluding hydrogens is 376 g/mol. The van der Waals surface area contributed by atoms with Crippen LogP contribution in [0.25, 0.3) is 11.3 Å². The van der Waals surface area contributed by atoms with Crippen molar-refractivity contribution in [3.63, 3.8) is 0 Å². The predicted molar refractivity (Wildman–Crippen MR) is 113 cm³/mol. The van der Waals surface area contributed by atoms with E-state index in [1.807, 2.05) is 50.4 Å². The number of ether oxygens (including phenoxy) is 1. The van der Waals surface area contributed by atoms with Crippen molar-refractivity contribution in [2.24, 2.45) is 0 Å². The van der Waals surface area contributed by atoms with E-state index in [4.69, 9.17) is 10.5 Å². The van der Waals surface area contributed by atoms with Gasteiger partial charge in [0.25, 0.3) is 0 Å². The van der Waals surface area contributed by atoms with Crippen LogP contribution in [-0.2, 0) is 9.53 Å². The lowest BCUT2D eigenvalue weighted by molar-refractivity contribution is -0.116. The maximum Gasteiger partial charge on any atom is 0.407 e. The molecule has 0 aliphatic heterocycles. The van der Waals surface area contributed by atoms with Crippen molar-refractivity contribution < 1.29 is 14.3 Å². The highest BCUT2D eigenvalue weighted by molar-refractivity contribution is 7.14. The monoisotopic (exact) mass is 404 g/mol. The Morgan fingerprint density at radius 2 is 2.00 bits per heavy atom. The highest BCUT2D eigenvalue weighted by Gasteiger charge is 2.15. The number of alkyl carbamates (subject to hydrolysis) is 1. The van der Waals surface area contributed by atoms with Crippen molar-refractivity contribution in [1.82, 2.24) is 10.3 Å². The fourth-order valence-corrected chi connectivity index (χ4v) is 3.17. The zero-order chi connectivity index (χ0) is 20.6. The van der Waals surface area contributed by atoms with Crippen LogP contribution >= 0.6 is 11.3 Å². The Balaban J connectivity index is 1.64. The Morgan fingerprint density at radius 3 is 2.71 bits per heavy atom. The zero-order valence-electron chi connectivity index (χ0n) is 16.6.